The number of hydrogen-bond acceptors (Lipinski definition) is 3. The average molecular weight is 372 g/mol. The van der Waals surface area contributed by atoms with Crippen LogP contribution in [0, 0.1) is 6.92 Å². The molecule has 2 aliphatic rings. The molecule has 1 spiro atoms. The van der Waals surface area contributed by atoms with E-state index in [-0.39, 0.29) is 18.2 Å². The number of aromatic nitrogens is 2. The lowest BCUT2D eigenvalue weighted by atomic mass is 9.71. The van der Waals surface area contributed by atoms with Crippen molar-refractivity contribution in [2.45, 2.75) is 25.7 Å². The highest BCUT2D eigenvalue weighted by Gasteiger charge is 2.57. The highest BCUT2D eigenvalue weighted by molar-refractivity contribution is 6.16. The zero-order valence-corrected chi connectivity index (χ0v) is 15.8. The molecule has 1 atom stereocenters. The van der Waals surface area contributed by atoms with E-state index in [9.17, 15) is 9.59 Å². The molecular formula is C22H20N4O2. The van der Waals surface area contributed by atoms with Crippen molar-refractivity contribution in [2.75, 3.05) is 16.8 Å². The lowest BCUT2D eigenvalue weighted by Gasteiger charge is -2.32. The number of benzene rings is 2. The van der Waals surface area contributed by atoms with Gasteiger partial charge in [0, 0.05) is 18.5 Å². The maximum atomic E-state index is 13.7. The first-order valence-corrected chi connectivity index (χ1v) is 9.43. The molecule has 5 rings (SSSR count). The lowest BCUT2D eigenvalue weighted by Crippen LogP contribution is -2.46. The molecule has 0 fully saturated rings. The third-order valence-electron chi connectivity index (χ3n) is 5.81. The smallest absolute Gasteiger partial charge is 0.242 e. The molecule has 0 bridgehead atoms. The van der Waals surface area contributed by atoms with E-state index >= 15 is 0 Å². The fraction of sp³-hybridized carbons (Fsp3) is 0.227. The molecule has 1 N–H and O–H groups in total. The summed E-state index contributed by atoms with van der Waals surface area (Å²) < 4.78 is 1.70. The number of nitrogens with one attached hydrogen (secondary N) is 1. The van der Waals surface area contributed by atoms with Crippen molar-refractivity contribution >= 4 is 23.3 Å². The number of carbonyl (C=O) groups is 2. The van der Waals surface area contributed by atoms with Crippen molar-refractivity contribution in [1.29, 1.82) is 0 Å². The van der Waals surface area contributed by atoms with Gasteiger partial charge in [0.2, 0.25) is 11.8 Å². The number of para-hydroxylation sites is 2. The van der Waals surface area contributed by atoms with Crippen LogP contribution in [0.3, 0.4) is 0 Å². The Bertz CT molecular complexity index is 1120. The maximum absolute atomic E-state index is 13.7. The van der Waals surface area contributed by atoms with E-state index in [1.54, 1.807) is 15.8 Å². The molecule has 2 aliphatic heterocycles. The fourth-order valence-corrected chi connectivity index (χ4v) is 4.60. The van der Waals surface area contributed by atoms with Crippen molar-refractivity contribution in [3.05, 3.63) is 71.4 Å². The van der Waals surface area contributed by atoms with E-state index in [1.807, 2.05) is 62.4 Å². The molecule has 2 aromatic carbocycles. The highest BCUT2D eigenvalue weighted by Crippen LogP contribution is 2.53. The van der Waals surface area contributed by atoms with Gasteiger partial charge in [-0.05, 0) is 37.1 Å². The van der Waals surface area contributed by atoms with Crippen LogP contribution in [-0.2, 0) is 15.0 Å². The molecule has 3 aromatic rings. The monoisotopic (exact) mass is 372 g/mol. The predicted molar refractivity (Wildman–Crippen MR) is 107 cm³/mol. The van der Waals surface area contributed by atoms with E-state index in [0.29, 0.717) is 12.4 Å². The molecule has 0 radical (unpaired) electrons. The van der Waals surface area contributed by atoms with Crippen molar-refractivity contribution < 1.29 is 9.59 Å². The molecule has 0 aliphatic carbocycles. The van der Waals surface area contributed by atoms with E-state index in [4.69, 9.17) is 0 Å². The fourth-order valence-electron chi connectivity index (χ4n) is 4.60. The number of hydrogen-bond donors (Lipinski definition) is 1. The third-order valence-corrected chi connectivity index (χ3v) is 5.81. The molecule has 1 aromatic heterocycles. The molecule has 6 nitrogen and oxygen atoms in total. The van der Waals surface area contributed by atoms with Crippen LogP contribution in [0.5, 0.6) is 0 Å². The summed E-state index contributed by atoms with van der Waals surface area (Å²) in [5.41, 5.74) is 3.41. The van der Waals surface area contributed by atoms with Gasteiger partial charge in [0.1, 0.15) is 11.2 Å². The first-order chi connectivity index (χ1) is 13.6. The summed E-state index contributed by atoms with van der Waals surface area (Å²) >= 11 is 0. The number of amides is 2. The predicted octanol–water partition coefficient (Wildman–Crippen LogP) is 3.18. The van der Waals surface area contributed by atoms with Gasteiger partial charge in [0.15, 0.2) is 0 Å². The quantitative estimate of drug-likeness (QED) is 0.751. The molecule has 0 saturated carbocycles. The van der Waals surface area contributed by atoms with Gasteiger partial charge in [0.25, 0.3) is 0 Å². The standard InChI is InChI=1S/C22H20N4O2/c1-3-25-19-14(2)8-7-11-16(19)22(21(25)28)12-18(27)24-20-17(22)13-23-26(20)15-9-5-4-6-10-15/h4-11,13H,3,12H2,1-2H3,(H,24,27)/t22-/m1/s1. The second kappa shape index (κ2) is 5.79. The first-order valence-electron chi connectivity index (χ1n) is 9.43. The molecule has 2 amide bonds. The van der Waals surface area contributed by atoms with Crippen LogP contribution in [0.2, 0.25) is 0 Å². The molecule has 3 heterocycles. The zero-order chi connectivity index (χ0) is 19.5. The number of rotatable bonds is 2. The first kappa shape index (κ1) is 16.7. The average Bonchev–Trinajstić information content (AvgIpc) is 3.22. The Kier molecular flexibility index (Phi) is 3.46. The summed E-state index contributed by atoms with van der Waals surface area (Å²) in [6.07, 6.45) is 1.82. The SMILES string of the molecule is CCN1C(=O)[C@]2(CC(=O)Nc3c2cnn3-c2ccccc2)c2cccc(C)c21. The summed E-state index contributed by atoms with van der Waals surface area (Å²) in [4.78, 5) is 28.3. The van der Waals surface area contributed by atoms with Crippen LogP contribution >= 0.6 is 0 Å². The number of nitrogens with zero attached hydrogens (tertiary/aromatic N) is 3. The maximum Gasteiger partial charge on any atom is 0.242 e. The summed E-state index contributed by atoms with van der Waals surface area (Å²) in [5.74, 6) is 0.341. The van der Waals surface area contributed by atoms with Crippen molar-refractivity contribution in [3.8, 4) is 5.69 Å². The Balaban J connectivity index is 1.80. The largest absolute Gasteiger partial charge is 0.311 e. The Hall–Kier alpha value is -3.41. The number of anilines is 2. The normalized spacial score (nSPS) is 20.3. The molecule has 0 saturated heterocycles. The van der Waals surface area contributed by atoms with Gasteiger partial charge in [0.05, 0.1) is 17.6 Å². The van der Waals surface area contributed by atoms with Crippen LogP contribution in [0.25, 0.3) is 5.69 Å². The van der Waals surface area contributed by atoms with Gasteiger partial charge < -0.3 is 10.2 Å². The Morgan fingerprint density at radius 3 is 2.61 bits per heavy atom. The Morgan fingerprint density at radius 1 is 1.07 bits per heavy atom. The van der Waals surface area contributed by atoms with Crippen LogP contribution < -0.4 is 10.2 Å². The Morgan fingerprint density at radius 2 is 1.86 bits per heavy atom. The Labute approximate surface area is 162 Å². The molecule has 140 valence electrons. The second-order valence-corrected chi connectivity index (χ2v) is 7.30. The third kappa shape index (κ3) is 2.00. The molecule has 28 heavy (non-hydrogen) atoms. The van der Waals surface area contributed by atoms with Crippen molar-refractivity contribution in [3.63, 3.8) is 0 Å². The lowest BCUT2D eigenvalue weighted by molar-refractivity contribution is -0.126. The van der Waals surface area contributed by atoms with Gasteiger partial charge in [-0.2, -0.15) is 5.10 Å². The van der Waals surface area contributed by atoms with E-state index < -0.39 is 5.41 Å². The molecule has 6 heteroatoms. The molecule has 0 unspecified atom stereocenters. The zero-order valence-electron chi connectivity index (χ0n) is 15.8. The van der Waals surface area contributed by atoms with Crippen molar-refractivity contribution in [1.82, 2.24) is 9.78 Å². The summed E-state index contributed by atoms with van der Waals surface area (Å²) in [7, 11) is 0. The van der Waals surface area contributed by atoms with Crippen LogP contribution in [0.15, 0.2) is 54.7 Å². The van der Waals surface area contributed by atoms with Crippen molar-refractivity contribution in [2.24, 2.45) is 0 Å². The topological polar surface area (TPSA) is 67.2 Å². The van der Waals surface area contributed by atoms with Gasteiger partial charge in [-0.25, -0.2) is 4.68 Å². The minimum atomic E-state index is -1.03. The molecular weight excluding hydrogens is 352 g/mol. The van der Waals surface area contributed by atoms with E-state index in [2.05, 4.69) is 10.4 Å². The minimum Gasteiger partial charge on any atom is -0.311 e. The van der Waals surface area contributed by atoms with Crippen LogP contribution in [0.1, 0.15) is 30.0 Å². The van der Waals surface area contributed by atoms with Gasteiger partial charge in [-0.15, -0.1) is 0 Å². The minimum absolute atomic E-state index is 0.0528. The van der Waals surface area contributed by atoms with Crippen LogP contribution in [-0.4, -0.2) is 28.1 Å². The summed E-state index contributed by atoms with van der Waals surface area (Å²) in [6, 6.07) is 15.5. The highest BCUT2D eigenvalue weighted by atomic mass is 16.2. The number of carbonyl (C=O) groups excluding carboxylic acids is 2. The second-order valence-electron chi connectivity index (χ2n) is 7.30. The van der Waals surface area contributed by atoms with Crippen LogP contribution in [0.4, 0.5) is 11.5 Å². The van der Waals surface area contributed by atoms with Gasteiger partial charge in [-0.3, -0.25) is 9.59 Å². The number of likely N-dealkylation sites (N-methyl/N-ethyl adjacent to an activating group) is 1. The van der Waals surface area contributed by atoms with E-state index in [0.717, 1.165) is 28.1 Å². The summed E-state index contributed by atoms with van der Waals surface area (Å²) in [6.45, 7) is 4.53. The van der Waals surface area contributed by atoms with Gasteiger partial charge in [-0.1, -0.05) is 36.4 Å². The summed E-state index contributed by atoms with van der Waals surface area (Å²) in [5, 5.41) is 7.48. The van der Waals surface area contributed by atoms with Gasteiger partial charge >= 0.3 is 0 Å². The van der Waals surface area contributed by atoms with E-state index in [1.165, 1.54) is 0 Å². The number of aryl methyl sites for hydroxylation is 1. The number of fused-ring (bicyclic) bond motifs is 4.